The molecule has 1 aromatic carbocycles. The number of sulfonamides is 1. The lowest BCUT2D eigenvalue weighted by Gasteiger charge is -2.31. The topological polar surface area (TPSA) is 94.2 Å². The minimum absolute atomic E-state index is 0.0530. The molecule has 0 aromatic heterocycles. The number of nitrogens with zero attached hydrogens (tertiary/aromatic N) is 1. The molecule has 1 heterocycles. The van der Waals surface area contributed by atoms with Crippen molar-refractivity contribution in [3.63, 3.8) is 0 Å². The van der Waals surface area contributed by atoms with Crippen molar-refractivity contribution in [2.75, 3.05) is 41.0 Å². The lowest BCUT2D eigenvalue weighted by atomic mass is 9.97. The van der Waals surface area contributed by atoms with Gasteiger partial charge in [0.25, 0.3) is 0 Å². The third-order valence-electron chi connectivity index (χ3n) is 4.62. The van der Waals surface area contributed by atoms with E-state index in [-0.39, 0.29) is 22.8 Å². The minimum atomic E-state index is -3.65. The van der Waals surface area contributed by atoms with Crippen LogP contribution in [0.15, 0.2) is 23.1 Å². The van der Waals surface area contributed by atoms with Gasteiger partial charge < -0.3 is 19.5 Å². The fraction of sp³-hybridized carbons (Fsp3) is 0.611. The summed E-state index contributed by atoms with van der Waals surface area (Å²) < 4.78 is 42.6. The number of hydrogen-bond acceptors (Lipinski definition) is 6. The van der Waals surface area contributed by atoms with Crippen molar-refractivity contribution in [2.24, 2.45) is 5.92 Å². The SMILES string of the molecule is COCC(C)NC(=O)C1CCN(S(=O)(=O)c2ccc(OC)c(OC)c2)CC1. The van der Waals surface area contributed by atoms with Gasteiger partial charge in [0.15, 0.2) is 11.5 Å². The van der Waals surface area contributed by atoms with Crippen LogP contribution < -0.4 is 14.8 Å². The van der Waals surface area contributed by atoms with Crippen LogP contribution in [0, 0.1) is 5.92 Å². The monoisotopic (exact) mass is 400 g/mol. The number of carbonyl (C=O) groups is 1. The molecule has 1 fully saturated rings. The number of ether oxygens (including phenoxy) is 3. The maximum absolute atomic E-state index is 12.9. The Morgan fingerprint density at radius 2 is 1.81 bits per heavy atom. The van der Waals surface area contributed by atoms with E-state index in [0.29, 0.717) is 44.0 Å². The summed E-state index contributed by atoms with van der Waals surface area (Å²) in [6.45, 7) is 2.91. The van der Waals surface area contributed by atoms with Crippen LogP contribution in [0.2, 0.25) is 0 Å². The molecular weight excluding hydrogens is 372 g/mol. The van der Waals surface area contributed by atoms with E-state index in [1.165, 1.54) is 30.7 Å². The molecule has 0 spiro atoms. The number of piperidine rings is 1. The Hall–Kier alpha value is -1.84. The number of rotatable bonds is 8. The zero-order chi connectivity index (χ0) is 20.0. The van der Waals surface area contributed by atoms with E-state index < -0.39 is 10.0 Å². The average Bonchev–Trinajstić information content (AvgIpc) is 2.67. The molecule has 1 saturated heterocycles. The number of benzene rings is 1. The van der Waals surface area contributed by atoms with Crippen LogP contribution in [0.25, 0.3) is 0 Å². The van der Waals surface area contributed by atoms with Gasteiger partial charge in [-0.2, -0.15) is 4.31 Å². The van der Waals surface area contributed by atoms with Gasteiger partial charge in [-0.15, -0.1) is 0 Å². The summed E-state index contributed by atoms with van der Waals surface area (Å²) in [7, 11) is 0.886. The van der Waals surface area contributed by atoms with Crippen molar-refractivity contribution >= 4 is 15.9 Å². The van der Waals surface area contributed by atoms with Gasteiger partial charge in [-0.25, -0.2) is 8.42 Å². The van der Waals surface area contributed by atoms with E-state index in [2.05, 4.69) is 5.32 Å². The third-order valence-corrected chi connectivity index (χ3v) is 6.52. The van der Waals surface area contributed by atoms with Crippen LogP contribution in [0.1, 0.15) is 19.8 Å². The molecule has 1 atom stereocenters. The standard InChI is InChI=1S/C18H28N2O6S/c1-13(12-24-2)19-18(21)14-7-9-20(10-8-14)27(22,23)15-5-6-16(25-3)17(11-15)26-4/h5-6,11,13-14H,7-10,12H2,1-4H3,(H,19,21). The number of methoxy groups -OCH3 is 3. The van der Waals surface area contributed by atoms with Crippen LogP contribution >= 0.6 is 0 Å². The Balaban J connectivity index is 2.03. The normalized spacial score (nSPS) is 17.3. The minimum Gasteiger partial charge on any atom is -0.493 e. The molecule has 27 heavy (non-hydrogen) atoms. The van der Waals surface area contributed by atoms with Crippen LogP contribution in [0.4, 0.5) is 0 Å². The molecule has 0 bridgehead atoms. The molecule has 0 radical (unpaired) electrons. The Morgan fingerprint density at radius 3 is 2.37 bits per heavy atom. The fourth-order valence-corrected chi connectivity index (χ4v) is 4.62. The van der Waals surface area contributed by atoms with Gasteiger partial charge in [0.2, 0.25) is 15.9 Å². The summed E-state index contributed by atoms with van der Waals surface area (Å²) in [6, 6.07) is 4.46. The second-order valence-electron chi connectivity index (χ2n) is 6.56. The first kappa shape index (κ1) is 21.5. The fourth-order valence-electron chi connectivity index (χ4n) is 3.14. The second kappa shape index (κ2) is 9.38. The summed E-state index contributed by atoms with van der Waals surface area (Å²) in [6.07, 6.45) is 0.968. The molecule has 9 heteroatoms. The number of hydrogen-bond donors (Lipinski definition) is 1. The smallest absolute Gasteiger partial charge is 0.243 e. The van der Waals surface area contributed by atoms with Crippen molar-refractivity contribution in [1.29, 1.82) is 0 Å². The van der Waals surface area contributed by atoms with Crippen LogP contribution in [-0.2, 0) is 19.6 Å². The van der Waals surface area contributed by atoms with E-state index >= 15 is 0 Å². The van der Waals surface area contributed by atoms with Crippen LogP contribution in [0.5, 0.6) is 11.5 Å². The van der Waals surface area contributed by atoms with Gasteiger partial charge in [-0.05, 0) is 31.9 Å². The van der Waals surface area contributed by atoms with Gasteiger partial charge in [-0.1, -0.05) is 0 Å². The molecule has 1 aliphatic rings. The van der Waals surface area contributed by atoms with Gasteiger partial charge in [0.05, 0.1) is 25.7 Å². The van der Waals surface area contributed by atoms with E-state index in [1.807, 2.05) is 6.92 Å². The predicted octanol–water partition coefficient (Wildman–Crippen LogP) is 1.26. The molecule has 1 N–H and O–H groups in total. The molecule has 1 unspecified atom stereocenters. The summed E-state index contributed by atoms with van der Waals surface area (Å²) in [5.41, 5.74) is 0. The molecule has 2 rings (SSSR count). The highest BCUT2D eigenvalue weighted by Crippen LogP contribution is 2.32. The van der Waals surface area contributed by atoms with Gasteiger partial charge in [-0.3, -0.25) is 4.79 Å². The molecule has 152 valence electrons. The summed E-state index contributed by atoms with van der Waals surface area (Å²) in [4.78, 5) is 12.4. The second-order valence-corrected chi connectivity index (χ2v) is 8.50. The van der Waals surface area contributed by atoms with Crippen molar-refractivity contribution in [3.05, 3.63) is 18.2 Å². The number of amides is 1. The Morgan fingerprint density at radius 1 is 1.19 bits per heavy atom. The maximum Gasteiger partial charge on any atom is 0.243 e. The number of nitrogens with one attached hydrogen (secondary N) is 1. The first-order valence-electron chi connectivity index (χ1n) is 8.85. The summed E-state index contributed by atoms with van der Waals surface area (Å²) in [5.74, 6) is 0.584. The zero-order valence-electron chi connectivity index (χ0n) is 16.2. The lowest BCUT2D eigenvalue weighted by molar-refractivity contribution is -0.127. The molecular formula is C18H28N2O6S. The van der Waals surface area contributed by atoms with Gasteiger partial charge in [0.1, 0.15) is 0 Å². The maximum atomic E-state index is 12.9. The third kappa shape index (κ3) is 5.12. The van der Waals surface area contributed by atoms with Gasteiger partial charge >= 0.3 is 0 Å². The summed E-state index contributed by atoms with van der Waals surface area (Å²) in [5, 5.41) is 2.90. The Bertz CT molecular complexity index is 744. The first-order chi connectivity index (χ1) is 12.8. The molecule has 1 aromatic rings. The Kier molecular flexibility index (Phi) is 7.46. The highest BCUT2D eigenvalue weighted by molar-refractivity contribution is 7.89. The van der Waals surface area contributed by atoms with Crippen LogP contribution in [-0.4, -0.2) is 65.7 Å². The average molecular weight is 400 g/mol. The zero-order valence-corrected chi connectivity index (χ0v) is 17.0. The molecule has 1 amide bonds. The quantitative estimate of drug-likeness (QED) is 0.706. The largest absolute Gasteiger partial charge is 0.493 e. The molecule has 8 nitrogen and oxygen atoms in total. The van der Waals surface area contributed by atoms with Crippen molar-refractivity contribution < 1.29 is 27.4 Å². The van der Waals surface area contributed by atoms with Crippen molar-refractivity contribution in [3.8, 4) is 11.5 Å². The van der Waals surface area contributed by atoms with Crippen LogP contribution in [0.3, 0.4) is 0 Å². The molecule has 0 saturated carbocycles. The lowest BCUT2D eigenvalue weighted by Crippen LogP contribution is -2.45. The van der Waals surface area contributed by atoms with E-state index in [9.17, 15) is 13.2 Å². The summed E-state index contributed by atoms with van der Waals surface area (Å²) >= 11 is 0. The Labute approximate surface area is 160 Å². The first-order valence-corrected chi connectivity index (χ1v) is 10.3. The highest BCUT2D eigenvalue weighted by Gasteiger charge is 2.32. The predicted molar refractivity (Wildman–Crippen MR) is 101 cm³/mol. The van der Waals surface area contributed by atoms with E-state index in [4.69, 9.17) is 14.2 Å². The van der Waals surface area contributed by atoms with Gasteiger partial charge in [0, 0.05) is 38.2 Å². The molecule has 0 aliphatic carbocycles. The number of carbonyl (C=O) groups excluding carboxylic acids is 1. The van der Waals surface area contributed by atoms with E-state index in [1.54, 1.807) is 13.2 Å². The molecule has 1 aliphatic heterocycles. The van der Waals surface area contributed by atoms with Crippen molar-refractivity contribution in [1.82, 2.24) is 9.62 Å². The van der Waals surface area contributed by atoms with Crippen molar-refractivity contribution in [2.45, 2.75) is 30.7 Å². The van der Waals surface area contributed by atoms with E-state index in [0.717, 1.165) is 0 Å². The highest BCUT2D eigenvalue weighted by atomic mass is 32.2.